The molecule has 11 heavy (non-hydrogen) atoms. The third-order valence-electron chi connectivity index (χ3n) is 1.49. The first kappa shape index (κ1) is 8.71. The monoisotopic (exact) mass is 215 g/mol. The Labute approximate surface area is 74.2 Å². The van der Waals surface area contributed by atoms with Crippen LogP contribution in [0.2, 0.25) is 0 Å². The topological polar surface area (TPSA) is 46.2 Å². The van der Waals surface area contributed by atoms with E-state index in [1.165, 1.54) is 0 Å². The van der Waals surface area contributed by atoms with Crippen molar-refractivity contribution in [2.45, 2.75) is 6.10 Å². The molecular formula is C8H10BrNO. The van der Waals surface area contributed by atoms with Crippen molar-refractivity contribution in [1.29, 1.82) is 0 Å². The van der Waals surface area contributed by atoms with E-state index in [9.17, 15) is 5.11 Å². The summed E-state index contributed by atoms with van der Waals surface area (Å²) in [6, 6.07) is 7.51. The van der Waals surface area contributed by atoms with E-state index in [1.54, 1.807) is 0 Å². The van der Waals surface area contributed by atoms with Crippen molar-refractivity contribution in [2.75, 3.05) is 6.54 Å². The molecule has 0 fully saturated rings. The van der Waals surface area contributed by atoms with Gasteiger partial charge in [-0.3, -0.25) is 0 Å². The third kappa shape index (κ3) is 2.02. The van der Waals surface area contributed by atoms with Gasteiger partial charge >= 0.3 is 0 Å². The van der Waals surface area contributed by atoms with Crippen LogP contribution >= 0.6 is 15.9 Å². The molecule has 0 amide bonds. The van der Waals surface area contributed by atoms with Gasteiger partial charge in [0.2, 0.25) is 0 Å². The maximum Gasteiger partial charge on any atom is 0.0923 e. The molecule has 60 valence electrons. The maximum atomic E-state index is 9.36. The fraction of sp³-hybridized carbons (Fsp3) is 0.250. The summed E-state index contributed by atoms with van der Waals surface area (Å²) in [6.07, 6.45) is -0.564. The minimum absolute atomic E-state index is 0.253. The molecule has 1 atom stereocenters. The lowest BCUT2D eigenvalue weighted by Gasteiger charge is -2.08. The van der Waals surface area contributed by atoms with Gasteiger partial charge < -0.3 is 10.8 Å². The first-order chi connectivity index (χ1) is 5.25. The molecule has 0 spiro atoms. The largest absolute Gasteiger partial charge is 0.387 e. The molecule has 1 aromatic carbocycles. The Morgan fingerprint density at radius 1 is 1.45 bits per heavy atom. The number of aliphatic hydroxyl groups excluding tert-OH is 1. The molecule has 0 saturated heterocycles. The highest BCUT2D eigenvalue weighted by molar-refractivity contribution is 9.10. The van der Waals surface area contributed by atoms with Crippen LogP contribution in [0, 0.1) is 0 Å². The minimum Gasteiger partial charge on any atom is -0.387 e. The van der Waals surface area contributed by atoms with Gasteiger partial charge in [-0.05, 0) is 11.6 Å². The summed E-state index contributed by atoms with van der Waals surface area (Å²) in [7, 11) is 0. The number of hydrogen-bond donors (Lipinski definition) is 2. The third-order valence-corrected chi connectivity index (χ3v) is 2.21. The lowest BCUT2D eigenvalue weighted by molar-refractivity contribution is 0.186. The van der Waals surface area contributed by atoms with E-state index in [0.717, 1.165) is 10.0 Å². The number of benzene rings is 1. The summed E-state index contributed by atoms with van der Waals surface area (Å²) in [5.74, 6) is 0. The van der Waals surface area contributed by atoms with Gasteiger partial charge in [0.1, 0.15) is 0 Å². The van der Waals surface area contributed by atoms with E-state index in [4.69, 9.17) is 5.73 Å². The molecule has 3 heteroatoms. The highest BCUT2D eigenvalue weighted by atomic mass is 79.9. The lowest BCUT2D eigenvalue weighted by atomic mass is 10.1. The Hall–Kier alpha value is -0.380. The van der Waals surface area contributed by atoms with E-state index in [1.807, 2.05) is 24.3 Å². The Morgan fingerprint density at radius 2 is 2.09 bits per heavy atom. The molecule has 0 aliphatic heterocycles. The summed E-state index contributed by atoms with van der Waals surface area (Å²) >= 11 is 3.32. The minimum atomic E-state index is -0.564. The van der Waals surface area contributed by atoms with Gasteiger partial charge in [-0.25, -0.2) is 0 Å². The lowest BCUT2D eigenvalue weighted by Crippen LogP contribution is -2.11. The second-order valence-corrected chi connectivity index (χ2v) is 3.13. The van der Waals surface area contributed by atoms with E-state index in [0.29, 0.717) is 0 Å². The molecule has 0 bridgehead atoms. The van der Waals surface area contributed by atoms with Gasteiger partial charge in [0, 0.05) is 11.0 Å². The second kappa shape index (κ2) is 3.85. The zero-order valence-corrected chi connectivity index (χ0v) is 7.58. The van der Waals surface area contributed by atoms with Crippen LogP contribution in [0.1, 0.15) is 11.7 Å². The normalized spacial score (nSPS) is 13.0. The molecule has 0 saturated carbocycles. The predicted octanol–water partition coefficient (Wildman–Crippen LogP) is 1.44. The van der Waals surface area contributed by atoms with Crippen LogP contribution in [-0.2, 0) is 0 Å². The van der Waals surface area contributed by atoms with Crippen molar-refractivity contribution in [2.24, 2.45) is 5.73 Å². The van der Waals surface area contributed by atoms with E-state index >= 15 is 0 Å². The van der Waals surface area contributed by atoms with Crippen molar-refractivity contribution in [3.63, 3.8) is 0 Å². The number of hydrogen-bond acceptors (Lipinski definition) is 2. The van der Waals surface area contributed by atoms with Crippen molar-refractivity contribution in [3.8, 4) is 0 Å². The second-order valence-electron chi connectivity index (χ2n) is 2.27. The molecule has 0 unspecified atom stereocenters. The molecule has 0 radical (unpaired) electrons. The fourth-order valence-electron chi connectivity index (χ4n) is 0.872. The average molecular weight is 216 g/mol. The van der Waals surface area contributed by atoms with Crippen LogP contribution in [0.3, 0.4) is 0 Å². The molecule has 0 aliphatic rings. The van der Waals surface area contributed by atoms with Crippen LogP contribution in [0.5, 0.6) is 0 Å². The van der Waals surface area contributed by atoms with Gasteiger partial charge in [-0.2, -0.15) is 0 Å². The van der Waals surface area contributed by atoms with Gasteiger partial charge in [-0.1, -0.05) is 34.1 Å². The molecule has 0 heterocycles. The molecule has 2 nitrogen and oxygen atoms in total. The van der Waals surface area contributed by atoms with E-state index < -0.39 is 6.10 Å². The summed E-state index contributed by atoms with van der Waals surface area (Å²) in [5, 5.41) is 9.36. The zero-order valence-electron chi connectivity index (χ0n) is 6.00. The number of halogens is 1. The highest BCUT2D eigenvalue weighted by Crippen LogP contribution is 2.21. The van der Waals surface area contributed by atoms with Crippen molar-refractivity contribution in [3.05, 3.63) is 34.3 Å². The number of nitrogens with two attached hydrogens (primary N) is 1. The average Bonchev–Trinajstić information content (AvgIpc) is 2.04. The summed E-state index contributed by atoms with van der Waals surface area (Å²) in [5.41, 5.74) is 6.14. The van der Waals surface area contributed by atoms with Crippen molar-refractivity contribution >= 4 is 15.9 Å². The van der Waals surface area contributed by atoms with Crippen LogP contribution in [0.15, 0.2) is 28.7 Å². The first-order valence-electron chi connectivity index (χ1n) is 3.38. The Balaban J connectivity index is 2.93. The molecular weight excluding hydrogens is 206 g/mol. The highest BCUT2D eigenvalue weighted by Gasteiger charge is 2.06. The van der Waals surface area contributed by atoms with Gasteiger partial charge in [0.25, 0.3) is 0 Å². The van der Waals surface area contributed by atoms with E-state index in [2.05, 4.69) is 15.9 Å². The molecule has 1 aromatic rings. The van der Waals surface area contributed by atoms with Gasteiger partial charge in [0.15, 0.2) is 0 Å². The maximum absolute atomic E-state index is 9.36. The van der Waals surface area contributed by atoms with Gasteiger partial charge in [0.05, 0.1) is 6.10 Å². The quantitative estimate of drug-likeness (QED) is 0.785. The Morgan fingerprint density at radius 3 is 2.64 bits per heavy atom. The molecule has 3 N–H and O–H groups in total. The van der Waals surface area contributed by atoms with Crippen LogP contribution in [0.25, 0.3) is 0 Å². The molecule has 0 aromatic heterocycles. The Bertz CT molecular complexity index is 239. The Kier molecular flexibility index (Phi) is 3.05. The van der Waals surface area contributed by atoms with Gasteiger partial charge in [-0.15, -0.1) is 0 Å². The summed E-state index contributed by atoms with van der Waals surface area (Å²) in [4.78, 5) is 0. The fourth-order valence-corrected chi connectivity index (χ4v) is 1.42. The van der Waals surface area contributed by atoms with Crippen molar-refractivity contribution < 1.29 is 5.11 Å². The summed E-state index contributed by atoms with van der Waals surface area (Å²) < 4.78 is 0.901. The zero-order chi connectivity index (χ0) is 8.27. The smallest absolute Gasteiger partial charge is 0.0923 e. The first-order valence-corrected chi connectivity index (χ1v) is 4.17. The molecule has 0 aliphatic carbocycles. The van der Waals surface area contributed by atoms with Crippen LogP contribution < -0.4 is 5.73 Å². The van der Waals surface area contributed by atoms with Crippen LogP contribution in [-0.4, -0.2) is 11.7 Å². The number of rotatable bonds is 2. The predicted molar refractivity (Wildman–Crippen MR) is 48.2 cm³/mol. The van der Waals surface area contributed by atoms with E-state index in [-0.39, 0.29) is 6.54 Å². The summed E-state index contributed by atoms with van der Waals surface area (Å²) in [6.45, 7) is 0.253. The van der Waals surface area contributed by atoms with Crippen LogP contribution in [0.4, 0.5) is 0 Å². The SMILES string of the molecule is NC[C@@H](O)c1ccccc1Br. The number of aliphatic hydroxyl groups is 1. The molecule has 1 rings (SSSR count). The standard InChI is InChI=1S/C8H10BrNO/c9-7-4-2-1-3-6(7)8(11)5-10/h1-4,8,11H,5,10H2/t8-/m1/s1. The van der Waals surface area contributed by atoms with Crippen molar-refractivity contribution in [1.82, 2.24) is 0 Å².